The van der Waals surface area contributed by atoms with E-state index >= 15 is 0 Å². The van der Waals surface area contributed by atoms with Crippen LogP contribution in [0.1, 0.15) is 34.5 Å². The van der Waals surface area contributed by atoms with Crippen LogP contribution in [0.15, 0.2) is 52.1 Å². The normalized spacial score (nSPS) is 15.5. The second-order valence-corrected chi connectivity index (χ2v) is 8.21. The summed E-state index contributed by atoms with van der Waals surface area (Å²) in [5.41, 5.74) is -1.04. The van der Waals surface area contributed by atoms with Gasteiger partial charge in [0.2, 0.25) is 5.69 Å². The molecule has 1 amide bonds. The number of nitrogens with one attached hydrogen (secondary N) is 1. The molecule has 1 N–H and O–H groups in total. The van der Waals surface area contributed by atoms with Crippen molar-refractivity contribution in [1.29, 1.82) is 0 Å². The van der Waals surface area contributed by atoms with E-state index in [1.54, 1.807) is 25.1 Å². The molecule has 33 heavy (non-hydrogen) atoms. The number of ether oxygens (including phenoxy) is 1. The van der Waals surface area contributed by atoms with E-state index in [0.29, 0.717) is 11.6 Å². The Morgan fingerprint density at radius 1 is 1.27 bits per heavy atom. The van der Waals surface area contributed by atoms with Gasteiger partial charge in [-0.15, -0.1) is 0 Å². The largest absolute Gasteiger partial charge is 0.376 e. The molecule has 0 aliphatic carbocycles. The summed E-state index contributed by atoms with van der Waals surface area (Å²) in [7, 11) is 0. The fraction of sp³-hybridized carbons (Fsp3) is 0.304. The number of hydrogen-bond donors (Lipinski definition) is 1. The number of halogens is 2. The van der Waals surface area contributed by atoms with E-state index in [-0.39, 0.29) is 30.4 Å². The van der Waals surface area contributed by atoms with E-state index in [1.807, 2.05) is 0 Å². The molecule has 2 heterocycles. The highest BCUT2D eigenvalue weighted by atomic mass is 35.5. The third-order valence-electron chi connectivity index (χ3n) is 5.48. The van der Waals surface area contributed by atoms with Crippen LogP contribution in [0, 0.1) is 12.7 Å². The van der Waals surface area contributed by atoms with Gasteiger partial charge in [-0.05, 0) is 43.5 Å². The van der Waals surface area contributed by atoms with Crippen LogP contribution >= 0.6 is 11.6 Å². The van der Waals surface area contributed by atoms with Crippen LogP contribution in [-0.2, 0) is 11.3 Å². The summed E-state index contributed by atoms with van der Waals surface area (Å²) in [4.78, 5) is 39.1. The van der Waals surface area contributed by atoms with Crippen LogP contribution in [0.2, 0.25) is 5.02 Å². The van der Waals surface area contributed by atoms with Gasteiger partial charge in [-0.1, -0.05) is 35.9 Å². The van der Waals surface area contributed by atoms with Gasteiger partial charge in [-0.2, -0.15) is 9.78 Å². The second kappa shape index (κ2) is 9.68. The molecule has 1 saturated heterocycles. The van der Waals surface area contributed by atoms with E-state index < -0.39 is 28.7 Å². The topological polar surface area (TPSA) is 95.2 Å². The summed E-state index contributed by atoms with van der Waals surface area (Å²) in [6.07, 6.45) is 1.55. The van der Waals surface area contributed by atoms with Gasteiger partial charge in [0.1, 0.15) is 5.82 Å². The number of benzene rings is 2. The lowest BCUT2D eigenvalue weighted by Gasteiger charge is -2.14. The number of nitrogens with zero attached hydrogens (tertiary/aromatic N) is 3. The Bertz CT molecular complexity index is 1310. The van der Waals surface area contributed by atoms with Crippen molar-refractivity contribution >= 4 is 17.5 Å². The van der Waals surface area contributed by atoms with Crippen molar-refractivity contribution in [3.8, 4) is 5.69 Å². The van der Waals surface area contributed by atoms with E-state index in [1.165, 1.54) is 24.3 Å². The van der Waals surface area contributed by atoms with Gasteiger partial charge >= 0.3 is 5.69 Å². The van der Waals surface area contributed by atoms with Crippen molar-refractivity contribution in [2.75, 3.05) is 13.2 Å². The van der Waals surface area contributed by atoms with Gasteiger partial charge in [0.25, 0.3) is 11.5 Å². The second-order valence-electron chi connectivity index (χ2n) is 7.80. The predicted octanol–water partition coefficient (Wildman–Crippen LogP) is 2.45. The summed E-state index contributed by atoms with van der Waals surface area (Å²) in [6, 6.07) is 10.6. The molecule has 1 aliphatic heterocycles. The molecule has 3 aromatic rings. The first-order valence-electron chi connectivity index (χ1n) is 10.5. The highest BCUT2D eigenvalue weighted by Crippen LogP contribution is 2.18. The standard InChI is InChI=1S/C23H22ClFN4O4/c1-14-8-9-16(11-18(14)24)29-23(32)28(13-15-5-2-3-7-19(15)25)22(31)20(27-29)21(30)26-12-17-6-4-10-33-17/h2-3,5,7-9,11,17H,4,6,10,12-13H2,1H3,(H,26,30). The molecule has 0 radical (unpaired) electrons. The van der Waals surface area contributed by atoms with Crippen molar-refractivity contribution in [3.63, 3.8) is 0 Å². The van der Waals surface area contributed by atoms with Gasteiger partial charge < -0.3 is 10.1 Å². The van der Waals surface area contributed by atoms with Crippen LogP contribution in [0.5, 0.6) is 0 Å². The van der Waals surface area contributed by atoms with Gasteiger partial charge in [-0.3, -0.25) is 14.2 Å². The van der Waals surface area contributed by atoms with Crippen LogP contribution in [-0.4, -0.2) is 39.5 Å². The molecule has 1 atom stereocenters. The van der Waals surface area contributed by atoms with Crippen LogP contribution < -0.4 is 16.6 Å². The minimum Gasteiger partial charge on any atom is -0.376 e. The fourth-order valence-electron chi connectivity index (χ4n) is 3.57. The van der Waals surface area contributed by atoms with E-state index in [0.717, 1.165) is 27.7 Å². The zero-order chi connectivity index (χ0) is 23.5. The summed E-state index contributed by atoms with van der Waals surface area (Å²) < 4.78 is 21.5. The molecule has 10 heteroatoms. The molecule has 1 aromatic heterocycles. The Hall–Kier alpha value is -3.30. The number of carbonyl (C=O) groups excluding carboxylic acids is 1. The molecular weight excluding hydrogens is 451 g/mol. The molecule has 0 saturated carbocycles. The van der Waals surface area contributed by atoms with Gasteiger partial charge in [-0.25, -0.2) is 9.18 Å². The number of carbonyl (C=O) groups is 1. The average molecular weight is 473 g/mol. The van der Waals surface area contributed by atoms with Crippen LogP contribution in [0.4, 0.5) is 4.39 Å². The average Bonchev–Trinajstić information content (AvgIpc) is 3.32. The molecule has 2 aromatic carbocycles. The molecule has 1 aliphatic rings. The third kappa shape index (κ3) is 4.89. The molecule has 0 bridgehead atoms. The van der Waals surface area contributed by atoms with E-state index in [9.17, 15) is 18.8 Å². The molecule has 4 rings (SSSR count). The first-order valence-corrected chi connectivity index (χ1v) is 10.9. The number of rotatable bonds is 6. The molecule has 172 valence electrons. The zero-order valence-corrected chi connectivity index (χ0v) is 18.6. The van der Waals surface area contributed by atoms with E-state index in [2.05, 4.69) is 10.4 Å². The predicted molar refractivity (Wildman–Crippen MR) is 121 cm³/mol. The lowest BCUT2D eigenvalue weighted by molar-refractivity contribution is 0.0849. The summed E-state index contributed by atoms with van der Waals surface area (Å²) >= 11 is 6.21. The molecule has 8 nitrogen and oxygen atoms in total. The Balaban J connectivity index is 1.80. The molecular formula is C23H22ClFN4O4. The number of aryl methyl sites for hydroxylation is 1. The minimum atomic E-state index is -0.914. The number of amides is 1. The summed E-state index contributed by atoms with van der Waals surface area (Å²) in [5.74, 6) is -1.32. The van der Waals surface area contributed by atoms with Crippen molar-refractivity contribution in [3.05, 3.63) is 91.0 Å². The lowest BCUT2D eigenvalue weighted by atomic mass is 10.2. The maximum Gasteiger partial charge on any atom is 0.352 e. The van der Waals surface area contributed by atoms with Crippen LogP contribution in [0.25, 0.3) is 5.69 Å². The Kier molecular flexibility index (Phi) is 6.71. The quantitative estimate of drug-likeness (QED) is 0.594. The lowest BCUT2D eigenvalue weighted by Crippen LogP contribution is -2.46. The first kappa shape index (κ1) is 22.9. The number of hydrogen-bond acceptors (Lipinski definition) is 5. The zero-order valence-electron chi connectivity index (χ0n) is 17.9. The SMILES string of the molecule is Cc1ccc(-n2nc(C(=O)NCC3CCCO3)c(=O)n(Cc3ccccc3F)c2=O)cc1Cl. The Morgan fingerprint density at radius 3 is 2.76 bits per heavy atom. The van der Waals surface area contributed by atoms with Gasteiger partial charge in [0.05, 0.1) is 18.3 Å². The highest BCUT2D eigenvalue weighted by Gasteiger charge is 2.23. The van der Waals surface area contributed by atoms with Crippen molar-refractivity contribution in [1.82, 2.24) is 19.7 Å². The summed E-state index contributed by atoms with van der Waals surface area (Å²) in [6.45, 7) is 2.26. The van der Waals surface area contributed by atoms with Crippen LogP contribution in [0.3, 0.4) is 0 Å². The highest BCUT2D eigenvalue weighted by molar-refractivity contribution is 6.31. The molecule has 1 fully saturated rings. The maximum atomic E-state index is 14.3. The molecule has 0 spiro atoms. The van der Waals surface area contributed by atoms with Crippen molar-refractivity contribution in [2.45, 2.75) is 32.4 Å². The first-order chi connectivity index (χ1) is 15.8. The Labute approximate surface area is 193 Å². The van der Waals surface area contributed by atoms with Gasteiger partial charge in [0, 0.05) is 23.7 Å². The fourth-order valence-corrected chi connectivity index (χ4v) is 3.75. The summed E-state index contributed by atoms with van der Waals surface area (Å²) in [5, 5.41) is 7.08. The Morgan fingerprint density at radius 2 is 2.06 bits per heavy atom. The smallest absolute Gasteiger partial charge is 0.352 e. The van der Waals surface area contributed by atoms with Crippen molar-refractivity contribution < 1.29 is 13.9 Å². The van der Waals surface area contributed by atoms with E-state index in [4.69, 9.17) is 16.3 Å². The van der Waals surface area contributed by atoms with Crippen molar-refractivity contribution in [2.24, 2.45) is 0 Å². The van der Waals surface area contributed by atoms with Gasteiger partial charge in [0.15, 0.2) is 0 Å². The maximum absolute atomic E-state index is 14.3. The third-order valence-corrected chi connectivity index (χ3v) is 5.88. The molecule has 1 unspecified atom stereocenters. The minimum absolute atomic E-state index is 0.127. The number of aromatic nitrogens is 3. The monoisotopic (exact) mass is 472 g/mol.